The van der Waals surface area contributed by atoms with E-state index >= 15 is 0 Å². The Morgan fingerprint density at radius 3 is 2.56 bits per heavy atom. The van der Waals surface area contributed by atoms with E-state index in [4.69, 9.17) is 14.5 Å². The van der Waals surface area contributed by atoms with E-state index in [2.05, 4.69) is 10.5 Å². The van der Waals surface area contributed by atoms with Gasteiger partial charge in [0, 0.05) is 17.7 Å². The quantitative estimate of drug-likeness (QED) is 0.810. The Balaban J connectivity index is 1.83. The Bertz CT molecular complexity index is 783. The van der Waals surface area contributed by atoms with E-state index in [1.165, 1.54) is 6.92 Å². The fourth-order valence-electron chi connectivity index (χ4n) is 2.27. The van der Waals surface area contributed by atoms with Crippen molar-refractivity contribution >= 4 is 17.6 Å². The van der Waals surface area contributed by atoms with E-state index in [1.807, 2.05) is 13.0 Å². The fraction of sp³-hybridized carbons (Fsp3) is 0.333. The molecule has 0 aliphatic rings. The summed E-state index contributed by atoms with van der Waals surface area (Å²) in [6.45, 7) is 5.10. The number of hydrogen-bond acceptors (Lipinski definition) is 6. The highest BCUT2D eigenvalue weighted by Gasteiger charge is 2.19. The van der Waals surface area contributed by atoms with Crippen LogP contribution in [-0.4, -0.2) is 23.1 Å². The van der Waals surface area contributed by atoms with E-state index in [-0.39, 0.29) is 6.42 Å². The van der Waals surface area contributed by atoms with Crippen molar-refractivity contribution in [2.45, 2.75) is 39.7 Å². The number of esters is 1. The van der Waals surface area contributed by atoms with Crippen LogP contribution in [0.4, 0.5) is 5.69 Å². The summed E-state index contributed by atoms with van der Waals surface area (Å²) in [6, 6.07) is 8.41. The Hall–Kier alpha value is -3.14. The third-order valence-corrected chi connectivity index (χ3v) is 3.72. The first-order chi connectivity index (χ1) is 11.9. The second-order valence-corrected chi connectivity index (χ2v) is 5.61. The molecule has 0 bridgehead atoms. The smallest absolute Gasteiger partial charge is 0.306 e. The van der Waals surface area contributed by atoms with E-state index in [0.29, 0.717) is 23.4 Å². The Morgan fingerprint density at radius 2 is 2.00 bits per heavy atom. The summed E-state index contributed by atoms with van der Waals surface area (Å²) in [4.78, 5) is 24.0. The number of ether oxygens (including phenoxy) is 1. The number of rotatable bonds is 6. The molecule has 1 unspecified atom stereocenters. The van der Waals surface area contributed by atoms with Gasteiger partial charge in [-0.2, -0.15) is 5.26 Å². The van der Waals surface area contributed by atoms with Crippen LogP contribution in [0.3, 0.4) is 0 Å². The van der Waals surface area contributed by atoms with Gasteiger partial charge in [0.05, 0.1) is 17.3 Å². The lowest BCUT2D eigenvalue weighted by atomic mass is 10.1. The molecule has 2 rings (SSSR count). The number of aryl methyl sites for hydroxylation is 2. The summed E-state index contributed by atoms with van der Waals surface area (Å²) in [5.74, 6) is -0.227. The molecule has 1 aromatic carbocycles. The van der Waals surface area contributed by atoms with E-state index in [9.17, 15) is 9.59 Å². The van der Waals surface area contributed by atoms with Crippen LogP contribution >= 0.6 is 0 Å². The number of carbonyl (C=O) groups excluding carboxylic acids is 2. The largest absolute Gasteiger partial charge is 0.453 e. The summed E-state index contributed by atoms with van der Waals surface area (Å²) < 4.78 is 10.2. The molecule has 0 saturated carbocycles. The molecular formula is C18H19N3O4. The molecule has 130 valence electrons. The van der Waals surface area contributed by atoms with Crippen molar-refractivity contribution in [1.82, 2.24) is 5.16 Å². The van der Waals surface area contributed by atoms with Crippen molar-refractivity contribution in [2.75, 3.05) is 5.32 Å². The van der Waals surface area contributed by atoms with Gasteiger partial charge in [0.2, 0.25) is 0 Å². The predicted molar refractivity (Wildman–Crippen MR) is 89.6 cm³/mol. The zero-order valence-corrected chi connectivity index (χ0v) is 14.3. The highest BCUT2D eigenvalue weighted by Crippen LogP contribution is 2.15. The van der Waals surface area contributed by atoms with Gasteiger partial charge in [0.25, 0.3) is 5.91 Å². The number of nitrogens with one attached hydrogen (secondary N) is 1. The molecule has 1 atom stereocenters. The third kappa shape index (κ3) is 4.91. The maximum atomic E-state index is 12.1. The minimum absolute atomic E-state index is 0.136. The maximum absolute atomic E-state index is 12.1. The highest BCUT2D eigenvalue weighted by molar-refractivity contribution is 5.95. The van der Waals surface area contributed by atoms with E-state index < -0.39 is 18.0 Å². The third-order valence-electron chi connectivity index (χ3n) is 3.72. The predicted octanol–water partition coefficient (Wildman–Crippen LogP) is 2.67. The molecule has 0 aliphatic carbocycles. The van der Waals surface area contributed by atoms with Crippen LogP contribution in [0, 0.1) is 25.2 Å². The van der Waals surface area contributed by atoms with Gasteiger partial charge in [-0.1, -0.05) is 5.16 Å². The van der Waals surface area contributed by atoms with Crippen LogP contribution in [0.5, 0.6) is 0 Å². The minimum Gasteiger partial charge on any atom is -0.453 e. The lowest BCUT2D eigenvalue weighted by Crippen LogP contribution is -2.30. The summed E-state index contributed by atoms with van der Waals surface area (Å²) in [5, 5.41) is 15.2. The molecule has 7 heteroatoms. The molecule has 0 radical (unpaired) electrons. The van der Waals surface area contributed by atoms with Gasteiger partial charge in [-0.25, -0.2) is 0 Å². The van der Waals surface area contributed by atoms with Crippen molar-refractivity contribution in [3.63, 3.8) is 0 Å². The van der Waals surface area contributed by atoms with Crippen LogP contribution in [0.15, 0.2) is 28.8 Å². The molecule has 0 spiro atoms. The molecular weight excluding hydrogens is 322 g/mol. The highest BCUT2D eigenvalue weighted by atomic mass is 16.5. The van der Waals surface area contributed by atoms with Gasteiger partial charge in [0.15, 0.2) is 6.10 Å². The van der Waals surface area contributed by atoms with E-state index in [1.54, 1.807) is 31.2 Å². The summed E-state index contributed by atoms with van der Waals surface area (Å²) in [5.41, 5.74) is 2.66. The molecule has 1 heterocycles. The molecule has 25 heavy (non-hydrogen) atoms. The summed E-state index contributed by atoms with van der Waals surface area (Å²) in [7, 11) is 0. The SMILES string of the molecule is Cc1noc(C)c1CCC(=O)OC(C)C(=O)Nc1ccc(C#N)cc1. The number of aromatic nitrogens is 1. The van der Waals surface area contributed by atoms with Crippen LogP contribution < -0.4 is 5.32 Å². The van der Waals surface area contributed by atoms with Crippen LogP contribution in [0.1, 0.15) is 35.9 Å². The molecule has 0 fully saturated rings. The fourth-order valence-corrected chi connectivity index (χ4v) is 2.27. The monoisotopic (exact) mass is 341 g/mol. The second-order valence-electron chi connectivity index (χ2n) is 5.61. The van der Waals surface area contributed by atoms with Crippen LogP contribution in [-0.2, 0) is 20.7 Å². The second kappa shape index (κ2) is 8.11. The van der Waals surface area contributed by atoms with Crippen molar-refractivity contribution < 1.29 is 18.8 Å². The first-order valence-electron chi connectivity index (χ1n) is 7.83. The van der Waals surface area contributed by atoms with Gasteiger partial charge in [0.1, 0.15) is 5.76 Å². The van der Waals surface area contributed by atoms with Gasteiger partial charge in [-0.05, 0) is 51.5 Å². The lowest BCUT2D eigenvalue weighted by Gasteiger charge is -2.13. The average molecular weight is 341 g/mol. The number of hydrogen-bond donors (Lipinski definition) is 1. The average Bonchev–Trinajstić information content (AvgIpc) is 2.91. The van der Waals surface area contributed by atoms with Crippen molar-refractivity contribution in [3.8, 4) is 6.07 Å². The zero-order valence-electron chi connectivity index (χ0n) is 14.3. The summed E-state index contributed by atoms with van der Waals surface area (Å²) >= 11 is 0. The molecule has 0 aliphatic heterocycles. The number of anilines is 1. The normalized spacial score (nSPS) is 11.4. The standard InChI is InChI=1S/C18H19N3O4/c1-11-16(12(2)25-21-11)8-9-17(22)24-13(3)18(23)20-15-6-4-14(10-19)5-7-15/h4-7,13H,8-9H2,1-3H3,(H,20,23). The zero-order chi connectivity index (χ0) is 18.4. The van der Waals surface area contributed by atoms with Crippen molar-refractivity contribution in [3.05, 3.63) is 46.8 Å². The Kier molecular flexibility index (Phi) is 5.90. The number of carbonyl (C=O) groups is 2. The van der Waals surface area contributed by atoms with Crippen molar-refractivity contribution in [1.29, 1.82) is 5.26 Å². The van der Waals surface area contributed by atoms with Gasteiger partial charge in [-0.3, -0.25) is 9.59 Å². The Labute approximate surface area is 145 Å². The molecule has 2 aromatic rings. The first-order valence-corrected chi connectivity index (χ1v) is 7.83. The minimum atomic E-state index is -0.923. The first kappa shape index (κ1) is 18.2. The van der Waals surface area contributed by atoms with Gasteiger partial charge < -0.3 is 14.6 Å². The topological polar surface area (TPSA) is 105 Å². The number of nitrogens with zero attached hydrogens (tertiary/aromatic N) is 2. The number of nitriles is 1. The number of benzene rings is 1. The van der Waals surface area contributed by atoms with Gasteiger partial charge in [-0.15, -0.1) is 0 Å². The molecule has 7 nitrogen and oxygen atoms in total. The summed E-state index contributed by atoms with van der Waals surface area (Å²) in [6.07, 6.45) is -0.339. The van der Waals surface area contributed by atoms with Gasteiger partial charge >= 0.3 is 5.97 Å². The molecule has 1 N–H and O–H groups in total. The molecule has 1 aromatic heterocycles. The van der Waals surface area contributed by atoms with Crippen molar-refractivity contribution in [2.24, 2.45) is 0 Å². The van der Waals surface area contributed by atoms with Crippen LogP contribution in [0.2, 0.25) is 0 Å². The maximum Gasteiger partial charge on any atom is 0.306 e. The van der Waals surface area contributed by atoms with Crippen LogP contribution in [0.25, 0.3) is 0 Å². The van der Waals surface area contributed by atoms with E-state index in [0.717, 1.165) is 11.3 Å². The number of amides is 1. The lowest BCUT2D eigenvalue weighted by molar-refractivity contribution is -0.153. The Morgan fingerprint density at radius 1 is 1.32 bits per heavy atom. The molecule has 0 saturated heterocycles. The molecule has 1 amide bonds.